The summed E-state index contributed by atoms with van der Waals surface area (Å²) >= 11 is 6.07. The molecule has 2 aromatic rings. The maximum atomic E-state index is 12.2. The van der Waals surface area contributed by atoms with Crippen LogP contribution in [0.4, 0.5) is 0 Å². The van der Waals surface area contributed by atoms with E-state index >= 15 is 0 Å². The van der Waals surface area contributed by atoms with Crippen LogP contribution in [-0.2, 0) is 18.8 Å². The smallest absolute Gasteiger partial charge is 0.289 e. The quantitative estimate of drug-likeness (QED) is 0.932. The molecule has 118 valence electrons. The minimum absolute atomic E-state index is 0.00287. The summed E-state index contributed by atoms with van der Waals surface area (Å²) in [6, 6.07) is 3.49. The van der Waals surface area contributed by atoms with Crippen molar-refractivity contribution in [3.63, 3.8) is 0 Å². The van der Waals surface area contributed by atoms with Crippen LogP contribution in [-0.4, -0.2) is 19.9 Å². The molecular formula is C15H18ClN3O3. The minimum Gasteiger partial charge on any atom is -0.484 e. The first-order chi connectivity index (χ1) is 10.3. The Morgan fingerprint density at radius 2 is 2.05 bits per heavy atom. The summed E-state index contributed by atoms with van der Waals surface area (Å²) in [5.41, 5.74) is 0.528. The number of ether oxygens (including phenoxy) is 1. The second-order valence-electron chi connectivity index (χ2n) is 5.82. The maximum Gasteiger partial charge on any atom is 0.289 e. The van der Waals surface area contributed by atoms with E-state index < -0.39 is 11.1 Å². The highest BCUT2D eigenvalue weighted by molar-refractivity contribution is 6.31. The number of pyridine rings is 1. The Hall–Kier alpha value is -1.92. The van der Waals surface area contributed by atoms with Crippen LogP contribution >= 0.6 is 11.6 Å². The Morgan fingerprint density at radius 3 is 2.59 bits per heavy atom. The predicted molar refractivity (Wildman–Crippen MR) is 83.0 cm³/mol. The summed E-state index contributed by atoms with van der Waals surface area (Å²) in [5, 5.41) is 13.0. The van der Waals surface area contributed by atoms with Crippen LogP contribution in [0, 0.1) is 0 Å². The molecule has 0 atom stereocenters. The van der Waals surface area contributed by atoms with Crippen LogP contribution < -0.4 is 10.3 Å². The highest BCUT2D eigenvalue weighted by atomic mass is 35.5. The van der Waals surface area contributed by atoms with E-state index in [9.17, 15) is 4.79 Å². The second kappa shape index (κ2) is 6.46. The van der Waals surface area contributed by atoms with Crippen molar-refractivity contribution in [3.05, 3.63) is 51.2 Å². The Labute approximate surface area is 133 Å². The molecular weight excluding hydrogens is 306 g/mol. The van der Waals surface area contributed by atoms with E-state index in [2.05, 4.69) is 10.1 Å². The van der Waals surface area contributed by atoms with Crippen molar-refractivity contribution in [2.75, 3.05) is 0 Å². The van der Waals surface area contributed by atoms with Gasteiger partial charge in [0.15, 0.2) is 10.8 Å². The summed E-state index contributed by atoms with van der Waals surface area (Å²) in [7, 11) is 0. The molecule has 0 spiro atoms. The normalized spacial score (nSPS) is 11.5. The lowest BCUT2D eigenvalue weighted by Crippen LogP contribution is -2.36. The van der Waals surface area contributed by atoms with Crippen LogP contribution in [0.15, 0.2) is 29.3 Å². The van der Waals surface area contributed by atoms with Gasteiger partial charge in [0.2, 0.25) is 0 Å². The Morgan fingerprint density at radius 1 is 1.32 bits per heavy atom. The number of aliphatic hydroxyl groups excluding tert-OH is 1. The summed E-state index contributed by atoms with van der Waals surface area (Å²) < 4.78 is 6.83. The van der Waals surface area contributed by atoms with E-state index in [4.69, 9.17) is 21.4 Å². The number of rotatable bonds is 4. The molecule has 0 radical (unpaired) electrons. The van der Waals surface area contributed by atoms with Crippen molar-refractivity contribution in [3.8, 4) is 5.75 Å². The zero-order chi connectivity index (χ0) is 16.3. The van der Waals surface area contributed by atoms with E-state index in [1.165, 1.54) is 10.9 Å². The van der Waals surface area contributed by atoms with Gasteiger partial charge in [-0.2, -0.15) is 5.10 Å². The Bertz CT molecular complexity index is 705. The molecule has 0 saturated heterocycles. The van der Waals surface area contributed by atoms with Gasteiger partial charge in [-0.25, -0.2) is 4.68 Å². The SMILES string of the molecule is CC(C)(C)n1ncc(OCc2ccc(CO)cn2)c(Cl)c1=O. The van der Waals surface area contributed by atoms with Crippen LogP contribution in [0.1, 0.15) is 32.0 Å². The fourth-order valence-electron chi connectivity index (χ4n) is 1.78. The Kier molecular flexibility index (Phi) is 4.83. The first kappa shape index (κ1) is 16.5. The van der Waals surface area contributed by atoms with E-state index in [0.29, 0.717) is 5.69 Å². The molecule has 0 unspecified atom stereocenters. The number of hydrogen-bond donors (Lipinski definition) is 1. The lowest BCUT2D eigenvalue weighted by Gasteiger charge is -2.21. The maximum absolute atomic E-state index is 12.2. The van der Waals surface area contributed by atoms with Gasteiger partial charge < -0.3 is 9.84 Å². The molecule has 0 fully saturated rings. The van der Waals surface area contributed by atoms with Gasteiger partial charge in [0.1, 0.15) is 6.61 Å². The van der Waals surface area contributed by atoms with E-state index in [-0.39, 0.29) is 24.0 Å². The zero-order valence-corrected chi connectivity index (χ0v) is 13.5. The molecule has 2 heterocycles. The fourth-order valence-corrected chi connectivity index (χ4v) is 1.97. The van der Waals surface area contributed by atoms with Crippen molar-refractivity contribution in [1.29, 1.82) is 0 Å². The number of hydrogen-bond acceptors (Lipinski definition) is 5. The van der Waals surface area contributed by atoms with Gasteiger partial charge in [-0.3, -0.25) is 9.78 Å². The Balaban J connectivity index is 2.16. The van der Waals surface area contributed by atoms with Gasteiger partial charge in [-0.1, -0.05) is 17.7 Å². The molecule has 2 rings (SSSR count). The lowest BCUT2D eigenvalue weighted by molar-refractivity contribution is 0.279. The first-order valence-corrected chi connectivity index (χ1v) is 7.16. The lowest BCUT2D eigenvalue weighted by atomic mass is 10.1. The van der Waals surface area contributed by atoms with Crippen LogP contribution in [0.2, 0.25) is 5.02 Å². The van der Waals surface area contributed by atoms with Gasteiger partial charge in [0.05, 0.1) is 24.0 Å². The monoisotopic (exact) mass is 323 g/mol. The third-order valence-corrected chi connectivity index (χ3v) is 3.31. The average Bonchev–Trinajstić information content (AvgIpc) is 2.48. The van der Waals surface area contributed by atoms with Crippen LogP contribution in [0.5, 0.6) is 5.75 Å². The van der Waals surface area contributed by atoms with Gasteiger partial charge in [-0.15, -0.1) is 0 Å². The molecule has 1 N–H and O–H groups in total. The molecule has 6 nitrogen and oxygen atoms in total. The molecule has 22 heavy (non-hydrogen) atoms. The third kappa shape index (κ3) is 3.64. The van der Waals surface area contributed by atoms with Crippen molar-refractivity contribution < 1.29 is 9.84 Å². The van der Waals surface area contributed by atoms with E-state index in [0.717, 1.165) is 5.56 Å². The molecule has 0 bridgehead atoms. The van der Waals surface area contributed by atoms with Gasteiger partial charge in [0.25, 0.3) is 5.56 Å². The molecule has 2 aromatic heterocycles. The summed E-state index contributed by atoms with van der Waals surface area (Å²) in [4.78, 5) is 16.3. The standard InChI is InChI=1S/C15H18ClN3O3/c1-15(2,3)19-14(21)13(16)12(7-18-19)22-9-11-5-4-10(8-20)6-17-11/h4-7,20H,8-9H2,1-3H3. The van der Waals surface area contributed by atoms with Crippen LogP contribution in [0.3, 0.4) is 0 Å². The molecule has 7 heteroatoms. The van der Waals surface area contributed by atoms with Crippen molar-refractivity contribution in [2.45, 2.75) is 39.5 Å². The average molecular weight is 324 g/mol. The third-order valence-electron chi connectivity index (χ3n) is 2.97. The second-order valence-corrected chi connectivity index (χ2v) is 6.19. The number of aliphatic hydroxyl groups is 1. The minimum atomic E-state index is -0.457. The van der Waals surface area contributed by atoms with E-state index in [1.807, 2.05) is 20.8 Å². The van der Waals surface area contributed by atoms with Crippen molar-refractivity contribution in [1.82, 2.24) is 14.8 Å². The molecule has 0 amide bonds. The van der Waals surface area contributed by atoms with Gasteiger partial charge in [-0.05, 0) is 32.4 Å². The van der Waals surface area contributed by atoms with Crippen LogP contribution in [0.25, 0.3) is 0 Å². The van der Waals surface area contributed by atoms with Crippen molar-refractivity contribution >= 4 is 11.6 Å². The molecule has 0 aromatic carbocycles. The summed E-state index contributed by atoms with van der Waals surface area (Å²) in [5.74, 6) is 0.222. The topological polar surface area (TPSA) is 77.2 Å². The largest absolute Gasteiger partial charge is 0.484 e. The molecule has 0 aliphatic carbocycles. The number of halogens is 1. The van der Waals surface area contributed by atoms with E-state index in [1.54, 1.807) is 18.3 Å². The molecule has 0 aliphatic rings. The molecule has 0 saturated carbocycles. The number of aromatic nitrogens is 3. The first-order valence-electron chi connectivity index (χ1n) is 6.78. The zero-order valence-electron chi connectivity index (χ0n) is 12.7. The van der Waals surface area contributed by atoms with Gasteiger partial charge >= 0.3 is 0 Å². The fraction of sp³-hybridized carbons (Fsp3) is 0.400. The summed E-state index contributed by atoms with van der Waals surface area (Å²) in [6.45, 7) is 5.70. The summed E-state index contributed by atoms with van der Waals surface area (Å²) in [6.07, 6.45) is 2.99. The molecule has 0 aliphatic heterocycles. The highest BCUT2D eigenvalue weighted by Crippen LogP contribution is 2.21. The van der Waals surface area contributed by atoms with Gasteiger partial charge in [0, 0.05) is 6.20 Å². The predicted octanol–water partition coefficient (Wildman–Crippen LogP) is 2.12. The number of nitrogens with zero attached hydrogens (tertiary/aromatic N) is 3. The highest BCUT2D eigenvalue weighted by Gasteiger charge is 2.19. The van der Waals surface area contributed by atoms with Crippen molar-refractivity contribution in [2.24, 2.45) is 0 Å².